The molecular weight excluding hydrogens is 388 g/mol. The molecule has 2 fully saturated rings. The third kappa shape index (κ3) is 5.19. The molecule has 3 aliphatic heterocycles. The second-order valence-corrected chi connectivity index (χ2v) is 9.80. The Kier molecular flexibility index (Phi) is 6.56. The number of hydrogen-bond donors (Lipinski definition) is 0. The molecule has 1 unspecified atom stereocenters. The van der Waals surface area contributed by atoms with Crippen LogP contribution in [0.1, 0.15) is 25.8 Å². The van der Waals surface area contributed by atoms with Crippen LogP contribution in [-0.2, 0) is 16.0 Å². The van der Waals surface area contributed by atoms with E-state index in [0.717, 1.165) is 75.1 Å². The monoisotopic (exact) mass is 420 g/mol. The van der Waals surface area contributed by atoms with Crippen molar-refractivity contribution in [3.05, 3.63) is 23.8 Å². The van der Waals surface area contributed by atoms with E-state index in [-0.39, 0.29) is 24.2 Å². The van der Waals surface area contributed by atoms with E-state index >= 15 is 0 Å². The van der Waals surface area contributed by atoms with Gasteiger partial charge in [-0.1, -0.05) is 12.1 Å². The van der Waals surface area contributed by atoms with Crippen LogP contribution in [0.5, 0.6) is 11.5 Å². The van der Waals surface area contributed by atoms with E-state index in [2.05, 4.69) is 24.8 Å². The molecule has 0 aliphatic carbocycles. The van der Waals surface area contributed by atoms with Crippen LogP contribution in [0.3, 0.4) is 0 Å². The van der Waals surface area contributed by atoms with E-state index < -0.39 is 0 Å². The number of rotatable bonds is 5. The first kappa shape index (κ1) is 20.8. The molecule has 3 heterocycles. The van der Waals surface area contributed by atoms with Crippen molar-refractivity contribution in [1.82, 2.24) is 9.80 Å². The van der Waals surface area contributed by atoms with E-state index in [4.69, 9.17) is 14.2 Å². The Bertz CT molecular complexity index is 721. The molecule has 0 aromatic heterocycles. The molecular formula is C22H32N2O4S. The minimum absolute atomic E-state index is 0.0600. The van der Waals surface area contributed by atoms with Crippen LogP contribution < -0.4 is 9.47 Å². The molecule has 1 aromatic carbocycles. The smallest absolute Gasteiger partial charge is 0.260 e. The van der Waals surface area contributed by atoms with Gasteiger partial charge in [0.2, 0.25) is 0 Å². The lowest BCUT2D eigenvalue weighted by Gasteiger charge is -2.35. The zero-order valence-electron chi connectivity index (χ0n) is 17.5. The van der Waals surface area contributed by atoms with Crippen LogP contribution in [-0.4, -0.2) is 84.9 Å². The Labute approximate surface area is 177 Å². The number of carbonyl (C=O) groups is 1. The first-order valence-electron chi connectivity index (χ1n) is 10.6. The van der Waals surface area contributed by atoms with Crippen molar-refractivity contribution >= 4 is 17.7 Å². The highest BCUT2D eigenvalue weighted by Crippen LogP contribution is 2.41. The van der Waals surface area contributed by atoms with E-state index in [9.17, 15) is 4.79 Å². The summed E-state index contributed by atoms with van der Waals surface area (Å²) < 4.78 is 17.5. The molecule has 3 aliphatic rings. The van der Waals surface area contributed by atoms with Gasteiger partial charge in [-0.05, 0) is 32.1 Å². The predicted molar refractivity (Wildman–Crippen MR) is 115 cm³/mol. The van der Waals surface area contributed by atoms with Gasteiger partial charge in [0.25, 0.3) is 5.91 Å². The largest absolute Gasteiger partial charge is 0.483 e. The number of benzene rings is 1. The average Bonchev–Trinajstić information content (AvgIpc) is 2.86. The third-order valence-electron chi connectivity index (χ3n) is 5.74. The van der Waals surface area contributed by atoms with Crippen molar-refractivity contribution in [2.24, 2.45) is 0 Å². The number of fused-ring (bicyclic) bond motifs is 1. The number of ether oxygens (including phenoxy) is 3. The molecule has 1 amide bonds. The zero-order valence-corrected chi connectivity index (χ0v) is 18.3. The number of amides is 1. The summed E-state index contributed by atoms with van der Waals surface area (Å²) in [4.78, 5) is 17.6. The summed E-state index contributed by atoms with van der Waals surface area (Å²) in [5.74, 6) is 3.64. The number of morpholine rings is 1. The summed E-state index contributed by atoms with van der Waals surface area (Å²) in [7, 11) is 0. The highest BCUT2D eigenvalue weighted by Gasteiger charge is 2.33. The minimum atomic E-state index is -0.225. The Balaban J connectivity index is 1.39. The second kappa shape index (κ2) is 9.14. The first-order valence-corrected chi connectivity index (χ1v) is 11.8. The van der Waals surface area contributed by atoms with Gasteiger partial charge in [-0.25, -0.2) is 0 Å². The van der Waals surface area contributed by atoms with Crippen molar-refractivity contribution in [2.45, 2.75) is 38.3 Å². The van der Waals surface area contributed by atoms with Gasteiger partial charge in [0.15, 0.2) is 18.1 Å². The standard InChI is InChI=1S/C22H32N2O4S/c1-22(2)13-17-5-3-6-19(21(17)28-22)27-15-20(25)24-7-4-12-29-16-18(24)14-23-8-10-26-11-9-23/h3,5-6,18H,4,7-16H2,1-2H3. The van der Waals surface area contributed by atoms with Crippen molar-refractivity contribution in [3.8, 4) is 11.5 Å². The van der Waals surface area contributed by atoms with Crippen molar-refractivity contribution in [3.63, 3.8) is 0 Å². The third-order valence-corrected chi connectivity index (χ3v) is 6.94. The van der Waals surface area contributed by atoms with Crippen LogP contribution in [0.2, 0.25) is 0 Å². The Morgan fingerprint density at radius 3 is 2.93 bits per heavy atom. The van der Waals surface area contributed by atoms with Gasteiger partial charge in [0.1, 0.15) is 5.60 Å². The maximum atomic E-state index is 13.1. The topological polar surface area (TPSA) is 51.2 Å². The van der Waals surface area contributed by atoms with Crippen molar-refractivity contribution in [1.29, 1.82) is 0 Å². The van der Waals surface area contributed by atoms with E-state index in [0.29, 0.717) is 5.75 Å². The molecule has 2 saturated heterocycles. The van der Waals surface area contributed by atoms with Gasteiger partial charge in [-0.2, -0.15) is 11.8 Å². The molecule has 0 N–H and O–H groups in total. The summed E-state index contributed by atoms with van der Waals surface area (Å²) in [6, 6.07) is 6.18. The highest BCUT2D eigenvalue weighted by molar-refractivity contribution is 7.99. The lowest BCUT2D eigenvalue weighted by molar-refractivity contribution is -0.135. The maximum Gasteiger partial charge on any atom is 0.260 e. The molecule has 160 valence electrons. The fourth-order valence-corrected chi connectivity index (χ4v) is 5.37. The van der Waals surface area contributed by atoms with E-state index in [1.165, 1.54) is 0 Å². The summed E-state index contributed by atoms with van der Waals surface area (Å²) in [5, 5.41) is 0. The van der Waals surface area contributed by atoms with Crippen LogP contribution in [0.25, 0.3) is 0 Å². The molecule has 7 heteroatoms. The Morgan fingerprint density at radius 2 is 2.10 bits per heavy atom. The van der Waals surface area contributed by atoms with Crippen LogP contribution in [0, 0.1) is 0 Å². The zero-order chi connectivity index (χ0) is 20.3. The fraction of sp³-hybridized carbons (Fsp3) is 0.682. The number of hydrogen-bond acceptors (Lipinski definition) is 6. The summed E-state index contributed by atoms with van der Waals surface area (Å²) >= 11 is 1.95. The second-order valence-electron chi connectivity index (χ2n) is 8.65. The van der Waals surface area contributed by atoms with Gasteiger partial charge >= 0.3 is 0 Å². The van der Waals surface area contributed by atoms with Gasteiger partial charge in [0, 0.05) is 43.9 Å². The molecule has 0 spiro atoms. The molecule has 0 bridgehead atoms. The summed E-state index contributed by atoms with van der Waals surface area (Å²) in [5.41, 5.74) is 0.924. The van der Waals surface area contributed by atoms with Crippen LogP contribution in [0.4, 0.5) is 0 Å². The normalized spacial score (nSPS) is 24.5. The number of para-hydroxylation sites is 1. The quantitative estimate of drug-likeness (QED) is 0.729. The van der Waals surface area contributed by atoms with E-state index in [1.54, 1.807) is 0 Å². The Hall–Kier alpha value is -1.44. The molecule has 29 heavy (non-hydrogen) atoms. The summed E-state index contributed by atoms with van der Waals surface area (Å²) in [6.07, 6.45) is 1.90. The molecule has 1 aromatic rings. The molecule has 6 nitrogen and oxygen atoms in total. The average molecular weight is 421 g/mol. The highest BCUT2D eigenvalue weighted by atomic mass is 32.2. The SMILES string of the molecule is CC1(C)Cc2cccc(OCC(=O)N3CCCSCC3CN3CCOCC3)c2O1. The van der Waals surface area contributed by atoms with Crippen LogP contribution in [0.15, 0.2) is 18.2 Å². The maximum absolute atomic E-state index is 13.1. The lowest BCUT2D eigenvalue weighted by atomic mass is 10.0. The fourth-order valence-electron chi connectivity index (χ4n) is 4.31. The lowest BCUT2D eigenvalue weighted by Crippen LogP contribution is -2.51. The van der Waals surface area contributed by atoms with E-state index in [1.807, 2.05) is 28.8 Å². The predicted octanol–water partition coefficient (Wildman–Crippen LogP) is 2.45. The van der Waals surface area contributed by atoms with Crippen LogP contribution >= 0.6 is 11.8 Å². The first-order chi connectivity index (χ1) is 14.0. The number of carbonyl (C=O) groups excluding carboxylic acids is 1. The molecule has 4 rings (SSSR count). The molecule has 0 radical (unpaired) electrons. The number of nitrogens with zero attached hydrogens (tertiary/aromatic N) is 2. The molecule has 0 saturated carbocycles. The minimum Gasteiger partial charge on any atom is -0.483 e. The van der Waals surface area contributed by atoms with Gasteiger partial charge in [0.05, 0.1) is 19.3 Å². The van der Waals surface area contributed by atoms with Crippen molar-refractivity contribution < 1.29 is 19.0 Å². The van der Waals surface area contributed by atoms with Gasteiger partial charge < -0.3 is 19.1 Å². The summed E-state index contributed by atoms with van der Waals surface area (Å²) in [6.45, 7) is 9.40. The Morgan fingerprint density at radius 1 is 1.28 bits per heavy atom. The molecule has 1 atom stereocenters. The van der Waals surface area contributed by atoms with Crippen molar-refractivity contribution in [2.75, 3.05) is 57.5 Å². The number of thioether (sulfide) groups is 1. The van der Waals surface area contributed by atoms with Gasteiger partial charge in [-0.15, -0.1) is 0 Å². The van der Waals surface area contributed by atoms with Gasteiger partial charge in [-0.3, -0.25) is 9.69 Å².